The Bertz CT molecular complexity index is 970. The Balaban J connectivity index is 1.50. The van der Waals surface area contributed by atoms with Crippen LogP contribution in [-0.4, -0.2) is 34.6 Å². The third kappa shape index (κ3) is 5.33. The van der Waals surface area contributed by atoms with Gasteiger partial charge in [-0.25, -0.2) is 20.6 Å². The highest BCUT2D eigenvalue weighted by molar-refractivity contribution is 6.02. The summed E-state index contributed by atoms with van der Waals surface area (Å²) in [4.78, 5) is 29.7. The van der Waals surface area contributed by atoms with Gasteiger partial charge in [-0.3, -0.25) is 4.79 Å². The average Bonchev–Trinajstić information content (AvgIpc) is 3.35. The highest BCUT2D eigenvalue weighted by Crippen LogP contribution is 2.39. The topological polar surface area (TPSA) is 97.3 Å². The summed E-state index contributed by atoms with van der Waals surface area (Å²) in [7, 11) is 1.34. The Morgan fingerprint density at radius 3 is 2.41 bits per heavy atom. The average molecular weight is 468 g/mol. The Hall–Kier alpha value is -2.71. The molecule has 1 saturated carbocycles. The molecule has 2 heterocycles. The number of nitrogens with zero attached hydrogens (tertiary/aromatic N) is 2. The second-order valence-corrected chi connectivity index (χ2v) is 9.63. The van der Waals surface area contributed by atoms with Crippen LogP contribution in [-0.2, 0) is 15.2 Å². The van der Waals surface area contributed by atoms with Crippen molar-refractivity contribution in [2.24, 2.45) is 5.92 Å². The van der Waals surface area contributed by atoms with Crippen molar-refractivity contribution in [3.05, 3.63) is 48.0 Å². The summed E-state index contributed by atoms with van der Waals surface area (Å²) in [6.07, 6.45) is 15.5. The minimum Gasteiger partial charge on any atom is -0.465 e. The van der Waals surface area contributed by atoms with E-state index in [0.717, 1.165) is 25.0 Å². The Kier molecular flexibility index (Phi) is 8.00. The van der Waals surface area contributed by atoms with Crippen LogP contribution < -0.4 is 16.2 Å². The standard InChI is InChI=1S/C26H37N5O3/c1-19-17-31(18-27-19)26(20-11-7-5-3-4-6-8-12-20)16-15-23(29-30-26)24(32)28-22-14-10-9-13-21(22)25(33)34-2/h9-10,13-14,17-18,20,23,29-30H,3-8,11-12,15-16H2,1-2H3,(H,28,32). The zero-order valence-electron chi connectivity index (χ0n) is 20.3. The third-order valence-electron chi connectivity index (χ3n) is 7.39. The molecular formula is C26H37N5O3. The van der Waals surface area contributed by atoms with Crippen molar-refractivity contribution in [3.8, 4) is 0 Å². The molecule has 0 spiro atoms. The summed E-state index contributed by atoms with van der Waals surface area (Å²) >= 11 is 0. The van der Waals surface area contributed by atoms with Gasteiger partial charge in [-0.2, -0.15) is 0 Å². The molecule has 8 nitrogen and oxygen atoms in total. The number of hydrazine groups is 1. The summed E-state index contributed by atoms with van der Waals surface area (Å²) in [5, 5.41) is 2.91. The predicted molar refractivity (Wildman–Crippen MR) is 131 cm³/mol. The molecule has 0 bridgehead atoms. The third-order valence-corrected chi connectivity index (χ3v) is 7.39. The molecule has 3 N–H and O–H groups in total. The number of carbonyl (C=O) groups excluding carboxylic acids is 2. The summed E-state index contributed by atoms with van der Waals surface area (Å²) in [5.74, 6) is -0.190. The molecule has 1 aliphatic carbocycles. The normalized spacial score (nSPS) is 24.5. The van der Waals surface area contributed by atoms with Gasteiger partial charge in [0.2, 0.25) is 5.91 Å². The van der Waals surface area contributed by atoms with Gasteiger partial charge in [0.1, 0.15) is 11.7 Å². The van der Waals surface area contributed by atoms with E-state index in [9.17, 15) is 9.59 Å². The Morgan fingerprint density at radius 2 is 1.79 bits per heavy atom. The highest BCUT2D eigenvalue weighted by Gasteiger charge is 2.44. The lowest BCUT2D eigenvalue weighted by Crippen LogP contribution is -2.66. The number of para-hydroxylation sites is 1. The first-order valence-corrected chi connectivity index (χ1v) is 12.6. The van der Waals surface area contributed by atoms with Crippen molar-refractivity contribution >= 4 is 17.6 Å². The van der Waals surface area contributed by atoms with Crippen molar-refractivity contribution in [1.29, 1.82) is 0 Å². The van der Waals surface area contributed by atoms with Gasteiger partial charge in [0.15, 0.2) is 0 Å². The number of imidazole rings is 1. The quantitative estimate of drug-likeness (QED) is 0.568. The summed E-state index contributed by atoms with van der Waals surface area (Å²) in [5.41, 5.74) is 8.39. The van der Waals surface area contributed by atoms with Crippen molar-refractivity contribution in [2.75, 3.05) is 12.4 Å². The van der Waals surface area contributed by atoms with E-state index >= 15 is 0 Å². The second-order valence-electron chi connectivity index (χ2n) is 9.63. The van der Waals surface area contributed by atoms with Crippen LogP contribution in [0.1, 0.15) is 80.3 Å². The van der Waals surface area contributed by atoms with Crippen LogP contribution in [0.5, 0.6) is 0 Å². The number of esters is 1. The molecule has 184 valence electrons. The van der Waals surface area contributed by atoms with Gasteiger partial charge in [-0.1, -0.05) is 50.7 Å². The fourth-order valence-electron chi connectivity index (χ4n) is 5.47. The number of methoxy groups -OCH3 is 1. The van der Waals surface area contributed by atoms with Gasteiger partial charge in [-0.15, -0.1) is 0 Å². The smallest absolute Gasteiger partial charge is 0.339 e. The van der Waals surface area contributed by atoms with Crippen LogP contribution in [0.3, 0.4) is 0 Å². The second kappa shape index (κ2) is 11.1. The molecule has 1 aromatic carbocycles. The van der Waals surface area contributed by atoms with Crippen LogP contribution in [0.4, 0.5) is 5.69 Å². The number of amides is 1. The monoisotopic (exact) mass is 467 g/mol. The molecule has 1 amide bonds. The first kappa shape index (κ1) is 24.4. The molecule has 1 aliphatic heterocycles. The SMILES string of the molecule is COC(=O)c1ccccc1NC(=O)C1CCC(C2CCCCCCCC2)(n2cnc(C)c2)NN1. The number of anilines is 1. The lowest BCUT2D eigenvalue weighted by molar-refractivity contribution is -0.120. The molecule has 0 radical (unpaired) electrons. The molecule has 2 fully saturated rings. The number of carbonyl (C=O) groups is 2. The Labute approximate surface area is 201 Å². The maximum absolute atomic E-state index is 13.1. The molecular weight excluding hydrogens is 430 g/mol. The predicted octanol–water partition coefficient (Wildman–Crippen LogP) is 4.28. The van der Waals surface area contributed by atoms with E-state index in [2.05, 4.69) is 31.9 Å². The molecule has 2 unspecified atom stereocenters. The number of benzene rings is 1. The fraction of sp³-hybridized carbons (Fsp3) is 0.577. The van der Waals surface area contributed by atoms with E-state index in [1.54, 1.807) is 24.3 Å². The molecule has 34 heavy (non-hydrogen) atoms. The molecule has 4 rings (SSSR count). The first-order valence-electron chi connectivity index (χ1n) is 12.6. The molecule has 1 aromatic heterocycles. The number of nitrogens with one attached hydrogen (secondary N) is 3. The zero-order valence-corrected chi connectivity index (χ0v) is 20.3. The number of hydrogen-bond donors (Lipinski definition) is 3. The van der Waals surface area contributed by atoms with Gasteiger partial charge >= 0.3 is 5.97 Å². The maximum Gasteiger partial charge on any atom is 0.339 e. The van der Waals surface area contributed by atoms with Crippen LogP contribution in [0.25, 0.3) is 0 Å². The molecule has 1 saturated heterocycles. The number of hydrogen-bond acceptors (Lipinski definition) is 6. The van der Waals surface area contributed by atoms with Gasteiger partial charge in [0.05, 0.1) is 30.4 Å². The highest BCUT2D eigenvalue weighted by atomic mass is 16.5. The summed E-state index contributed by atoms with van der Waals surface area (Å²) < 4.78 is 7.07. The number of aromatic nitrogens is 2. The van der Waals surface area contributed by atoms with E-state index in [1.807, 2.05) is 13.3 Å². The largest absolute Gasteiger partial charge is 0.465 e. The van der Waals surface area contributed by atoms with Crippen LogP contribution in [0, 0.1) is 12.8 Å². The van der Waals surface area contributed by atoms with E-state index in [-0.39, 0.29) is 11.6 Å². The van der Waals surface area contributed by atoms with E-state index < -0.39 is 12.0 Å². The van der Waals surface area contributed by atoms with E-state index in [1.165, 1.54) is 45.6 Å². The molecule has 2 aliphatic rings. The molecule has 8 heteroatoms. The molecule has 2 atom stereocenters. The van der Waals surface area contributed by atoms with Crippen molar-refractivity contribution in [2.45, 2.75) is 82.8 Å². The minimum absolute atomic E-state index is 0.172. The van der Waals surface area contributed by atoms with E-state index in [0.29, 0.717) is 23.6 Å². The minimum atomic E-state index is -0.472. The lowest BCUT2D eigenvalue weighted by atomic mass is 9.79. The van der Waals surface area contributed by atoms with Gasteiger partial charge in [0.25, 0.3) is 0 Å². The lowest BCUT2D eigenvalue weighted by Gasteiger charge is -2.47. The maximum atomic E-state index is 13.1. The van der Waals surface area contributed by atoms with Gasteiger partial charge in [0, 0.05) is 6.20 Å². The molecule has 2 aromatic rings. The van der Waals surface area contributed by atoms with Crippen molar-refractivity contribution in [1.82, 2.24) is 20.4 Å². The van der Waals surface area contributed by atoms with Crippen molar-refractivity contribution < 1.29 is 14.3 Å². The fourth-order valence-corrected chi connectivity index (χ4v) is 5.47. The van der Waals surface area contributed by atoms with Crippen LogP contribution >= 0.6 is 0 Å². The number of aryl methyl sites for hydroxylation is 1. The summed E-state index contributed by atoms with van der Waals surface area (Å²) in [6.45, 7) is 2.01. The Morgan fingerprint density at radius 1 is 1.09 bits per heavy atom. The summed E-state index contributed by atoms with van der Waals surface area (Å²) in [6, 6.07) is 6.49. The first-order chi connectivity index (χ1) is 16.5. The van der Waals surface area contributed by atoms with Gasteiger partial charge < -0.3 is 14.6 Å². The number of rotatable bonds is 5. The number of ether oxygens (including phenoxy) is 1. The van der Waals surface area contributed by atoms with E-state index in [4.69, 9.17) is 4.74 Å². The zero-order chi connectivity index (χ0) is 24.0. The van der Waals surface area contributed by atoms with Crippen LogP contribution in [0.2, 0.25) is 0 Å². The van der Waals surface area contributed by atoms with Gasteiger partial charge in [-0.05, 0) is 50.7 Å². The van der Waals surface area contributed by atoms with Crippen LogP contribution in [0.15, 0.2) is 36.8 Å². The van der Waals surface area contributed by atoms with Crippen molar-refractivity contribution in [3.63, 3.8) is 0 Å².